The van der Waals surface area contributed by atoms with E-state index in [0.717, 1.165) is 44.2 Å². The standard InChI is InChI=1S/C20H22F3NO4/c21-20(22,23)15-8-4-5-9-17(15)28-14-11-18(25)24(12-14)16(19(26)27)10-13-6-2-1-3-7-13/h4-5,8-9,11,13,16H,1-3,6-7,10,12H2,(H,26,27)/t16-/m0/s1. The summed E-state index contributed by atoms with van der Waals surface area (Å²) in [5, 5.41) is 9.60. The number of benzene rings is 1. The molecular formula is C20H22F3NO4. The van der Waals surface area contributed by atoms with Crippen LogP contribution in [0.2, 0.25) is 0 Å². The lowest BCUT2D eigenvalue weighted by atomic mass is 9.84. The maximum atomic E-state index is 13.1. The highest BCUT2D eigenvalue weighted by atomic mass is 19.4. The highest BCUT2D eigenvalue weighted by molar-refractivity contribution is 5.94. The molecule has 1 heterocycles. The van der Waals surface area contributed by atoms with Gasteiger partial charge in [-0.2, -0.15) is 13.2 Å². The van der Waals surface area contributed by atoms with Crippen LogP contribution in [0, 0.1) is 5.92 Å². The summed E-state index contributed by atoms with van der Waals surface area (Å²) in [6.07, 6.45) is 1.92. The van der Waals surface area contributed by atoms with Gasteiger partial charge in [-0.3, -0.25) is 4.79 Å². The molecule has 1 N–H and O–H groups in total. The first kappa shape index (κ1) is 20.2. The van der Waals surface area contributed by atoms with E-state index in [1.807, 2.05) is 0 Å². The van der Waals surface area contributed by atoms with Gasteiger partial charge in [0.15, 0.2) is 0 Å². The number of ether oxygens (including phenoxy) is 1. The first-order valence-corrected chi connectivity index (χ1v) is 9.34. The lowest BCUT2D eigenvalue weighted by molar-refractivity contribution is -0.148. The lowest BCUT2D eigenvalue weighted by Gasteiger charge is -2.30. The third kappa shape index (κ3) is 4.66. The number of hydrogen-bond donors (Lipinski definition) is 1. The molecule has 2 aliphatic rings. The number of rotatable bonds is 6. The van der Waals surface area contributed by atoms with Gasteiger partial charge in [-0.05, 0) is 24.5 Å². The van der Waals surface area contributed by atoms with Crippen LogP contribution in [0.5, 0.6) is 5.75 Å². The van der Waals surface area contributed by atoms with E-state index < -0.39 is 35.4 Å². The molecule has 0 spiro atoms. The Morgan fingerprint density at radius 3 is 2.54 bits per heavy atom. The van der Waals surface area contributed by atoms with Crippen LogP contribution in [0.4, 0.5) is 13.2 Å². The lowest BCUT2D eigenvalue weighted by Crippen LogP contribution is -2.44. The zero-order valence-corrected chi connectivity index (χ0v) is 15.2. The summed E-state index contributed by atoms with van der Waals surface area (Å²) < 4.78 is 44.7. The highest BCUT2D eigenvalue weighted by Gasteiger charge is 2.38. The molecule has 1 amide bonds. The molecule has 5 nitrogen and oxygen atoms in total. The topological polar surface area (TPSA) is 66.8 Å². The van der Waals surface area contributed by atoms with Crippen molar-refractivity contribution in [2.24, 2.45) is 5.92 Å². The van der Waals surface area contributed by atoms with E-state index in [0.29, 0.717) is 6.42 Å². The number of alkyl halides is 3. The molecule has 1 aromatic carbocycles. The third-order valence-corrected chi connectivity index (χ3v) is 5.27. The summed E-state index contributed by atoms with van der Waals surface area (Å²) in [5.41, 5.74) is -0.946. The molecule has 0 saturated heterocycles. The second kappa shape index (κ2) is 8.24. The molecule has 1 aliphatic carbocycles. The Kier molecular flexibility index (Phi) is 5.96. The van der Waals surface area contributed by atoms with Gasteiger partial charge in [-0.1, -0.05) is 44.2 Å². The molecular weight excluding hydrogens is 375 g/mol. The molecule has 1 aliphatic heterocycles. The molecule has 0 radical (unpaired) electrons. The van der Waals surface area contributed by atoms with Gasteiger partial charge >= 0.3 is 12.1 Å². The predicted molar refractivity (Wildman–Crippen MR) is 94.5 cm³/mol. The van der Waals surface area contributed by atoms with Gasteiger partial charge < -0.3 is 14.7 Å². The van der Waals surface area contributed by atoms with Gasteiger partial charge in [-0.15, -0.1) is 0 Å². The smallest absolute Gasteiger partial charge is 0.419 e. The van der Waals surface area contributed by atoms with Crippen molar-refractivity contribution >= 4 is 11.9 Å². The summed E-state index contributed by atoms with van der Waals surface area (Å²) in [6, 6.07) is 3.72. The predicted octanol–water partition coefficient (Wildman–Crippen LogP) is 4.23. The average Bonchev–Trinajstić information content (AvgIpc) is 2.99. The fourth-order valence-corrected chi connectivity index (χ4v) is 3.87. The molecule has 1 aromatic rings. The molecule has 1 atom stereocenters. The van der Waals surface area contributed by atoms with Crippen molar-refractivity contribution < 1.29 is 32.6 Å². The number of carbonyl (C=O) groups excluding carboxylic acids is 1. The Morgan fingerprint density at radius 1 is 1.21 bits per heavy atom. The molecule has 152 valence electrons. The number of halogens is 3. The van der Waals surface area contributed by atoms with E-state index in [2.05, 4.69) is 0 Å². The van der Waals surface area contributed by atoms with Crippen LogP contribution in [-0.2, 0) is 15.8 Å². The van der Waals surface area contributed by atoms with Crippen molar-refractivity contribution in [3.8, 4) is 5.75 Å². The molecule has 28 heavy (non-hydrogen) atoms. The maximum absolute atomic E-state index is 13.1. The number of nitrogens with zero attached hydrogens (tertiary/aromatic N) is 1. The molecule has 1 fully saturated rings. The number of amides is 1. The number of carbonyl (C=O) groups is 2. The van der Waals surface area contributed by atoms with E-state index in [1.54, 1.807) is 0 Å². The van der Waals surface area contributed by atoms with Crippen molar-refractivity contribution in [3.63, 3.8) is 0 Å². The Hall–Kier alpha value is -2.51. The number of para-hydroxylation sites is 1. The Labute approximate surface area is 160 Å². The average molecular weight is 397 g/mol. The summed E-state index contributed by atoms with van der Waals surface area (Å²) in [7, 11) is 0. The van der Waals surface area contributed by atoms with Crippen LogP contribution in [0.1, 0.15) is 44.1 Å². The third-order valence-electron chi connectivity index (χ3n) is 5.27. The fraction of sp³-hybridized carbons (Fsp3) is 0.500. The molecule has 0 bridgehead atoms. The second-order valence-electron chi connectivity index (χ2n) is 7.27. The van der Waals surface area contributed by atoms with E-state index in [1.165, 1.54) is 23.1 Å². The van der Waals surface area contributed by atoms with Gasteiger partial charge in [0.2, 0.25) is 0 Å². The van der Waals surface area contributed by atoms with Crippen molar-refractivity contribution in [3.05, 3.63) is 41.7 Å². The monoisotopic (exact) mass is 397 g/mol. The number of carboxylic acids is 1. The van der Waals surface area contributed by atoms with Crippen molar-refractivity contribution in [2.45, 2.75) is 50.7 Å². The SMILES string of the molecule is O=C(O)[C@H](CC1CCCCC1)N1CC(Oc2ccccc2C(F)(F)F)=CC1=O. The van der Waals surface area contributed by atoms with Gasteiger partial charge in [0.05, 0.1) is 12.1 Å². The summed E-state index contributed by atoms with van der Waals surface area (Å²) >= 11 is 0. The van der Waals surface area contributed by atoms with E-state index >= 15 is 0 Å². The number of hydrogen-bond acceptors (Lipinski definition) is 3. The van der Waals surface area contributed by atoms with Crippen molar-refractivity contribution in [1.29, 1.82) is 0 Å². The Morgan fingerprint density at radius 2 is 1.89 bits per heavy atom. The van der Waals surface area contributed by atoms with Crippen LogP contribution in [0.25, 0.3) is 0 Å². The summed E-state index contributed by atoms with van der Waals surface area (Å²) in [4.78, 5) is 25.2. The van der Waals surface area contributed by atoms with Crippen molar-refractivity contribution in [2.75, 3.05) is 6.54 Å². The van der Waals surface area contributed by atoms with E-state index in [4.69, 9.17) is 4.74 Å². The maximum Gasteiger partial charge on any atom is 0.419 e. The number of carboxylic acid groups (broad SMARTS) is 1. The minimum atomic E-state index is -4.59. The first-order chi connectivity index (χ1) is 13.3. The van der Waals surface area contributed by atoms with Crippen LogP contribution in [0.15, 0.2) is 36.1 Å². The zero-order chi connectivity index (χ0) is 20.3. The Bertz CT molecular complexity index is 769. The second-order valence-corrected chi connectivity index (χ2v) is 7.27. The first-order valence-electron chi connectivity index (χ1n) is 9.34. The summed E-state index contributed by atoms with van der Waals surface area (Å²) in [6.45, 7) is -0.158. The summed E-state index contributed by atoms with van der Waals surface area (Å²) in [5.74, 6) is -1.82. The number of aliphatic carboxylic acids is 1. The van der Waals surface area contributed by atoms with Gasteiger partial charge in [0, 0.05) is 6.08 Å². The minimum absolute atomic E-state index is 0.0107. The minimum Gasteiger partial charge on any atom is -0.480 e. The van der Waals surface area contributed by atoms with Gasteiger partial charge in [-0.25, -0.2) is 4.79 Å². The molecule has 0 unspecified atom stereocenters. The van der Waals surface area contributed by atoms with Crippen LogP contribution < -0.4 is 4.74 Å². The van der Waals surface area contributed by atoms with Crippen LogP contribution >= 0.6 is 0 Å². The molecule has 3 rings (SSSR count). The Balaban J connectivity index is 1.71. The quantitative estimate of drug-likeness (QED) is 0.780. The molecule has 1 saturated carbocycles. The zero-order valence-electron chi connectivity index (χ0n) is 15.2. The van der Waals surface area contributed by atoms with E-state index in [-0.39, 0.29) is 18.2 Å². The van der Waals surface area contributed by atoms with E-state index in [9.17, 15) is 27.9 Å². The highest BCUT2D eigenvalue weighted by Crippen LogP contribution is 2.37. The molecule has 8 heteroatoms. The largest absolute Gasteiger partial charge is 0.480 e. The van der Waals surface area contributed by atoms with Gasteiger partial charge in [0.1, 0.15) is 17.6 Å². The van der Waals surface area contributed by atoms with Gasteiger partial charge in [0.25, 0.3) is 5.91 Å². The molecule has 0 aromatic heterocycles. The van der Waals surface area contributed by atoms with Crippen molar-refractivity contribution in [1.82, 2.24) is 4.90 Å². The van der Waals surface area contributed by atoms with Crippen LogP contribution in [-0.4, -0.2) is 34.5 Å². The fourth-order valence-electron chi connectivity index (χ4n) is 3.87. The van der Waals surface area contributed by atoms with Crippen LogP contribution in [0.3, 0.4) is 0 Å². The normalized spacial score (nSPS) is 19.5.